The average Bonchev–Trinajstić information content (AvgIpc) is 3.03. The Bertz CT molecular complexity index is 727. The Hall–Kier alpha value is -2.77. The highest BCUT2D eigenvalue weighted by Crippen LogP contribution is 2.15. The van der Waals surface area contributed by atoms with Gasteiger partial charge in [-0.25, -0.2) is 0 Å². The quantitative estimate of drug-likeness (QED) is 0.873. The van der Waals surface area contributed by atoms with Crippen molar-refractivity contribution in [3.8, 4) is 11.4 Å². The summed E-state index contributed by atoms with van der Waals surface area (Å²) in [6.07, 6.45) is 0. The summed E-state index contributed by atoms with van der Waals surface area (Å²) in [4.78, 5) is 27.5. The largest absolute Gasteiger partial charge is 0.353 e. The highest BCUT2D eigenvalue weighted by Gasteiger charge is 2.35. The zero-order valence-electron chi connectivity index (χ0n) is 13.7. The third-order valence-electron chi connectivity index (χ3n) is 3.97. The molecule has 24 heavy (non-hydrogen) atoms. The second-order valence-electron chi connectivity index (χ2n) is 6.08. The zero-order chi connectivity index (χ0) is 17.1. The van der Waals surface area contributed by atoms with E-state index in [2.05, 4.69) is 20.7 Å². The van der Waals surface area contributed by atoms with Gasteiger partial charge in [-0.2, -0.15) is 4.80 Å². The summed E-state index contributed by atoms with van der Waals surface area (Å²) in [6, 6.07) is 9.00. The molecule has 3 rings (SSSR count). The number of aromatic nitrogens is 4. The first-order valence-corrected chi connectivity index (χ1v) is 7.96. The Morgan fingerprint density at radius 1 is 1.33 bits per heavy atom. The summed E-state index contributed by atoms with van der Waals surface area (Å²) in [5.74, 6) is 0.222. The van der Waals surface area contributed by atoms with E-state index in [1.807, 2.05) is 44.2 Å². The van der Waals surface area contributed by atoms with Crippen LogP contribution in [0.15, 0.2) is 30.3 Å². The lowest BCUT2D eigenvalue weighted by atomic mass is 9.99. The predicted octanol–water partition coefficient (Wildman–Crippen LogP) is 0.323. The van der Waals surface area contributed by atoms with E-state index in [-0.39, 0.29) is 24.3 Å². The summed E-state index contributed by atoms with van der Waals surface area (Å²) in [5, 5.41) is 15.0. The smallest absolute Gasteiger partial charge is 0.247 e. The molecule has 0 radical (unpaired) electrons. The highest BCUT2D eigenvalue weighted by atomic mass is 16.2. The van der Waals surface area contributed by atoms with Gasteiger partial charge in [0.1, 0.15) is 12.6 Å². The van der Waals surface area contributed by atoms with Crippen LogP contribution in [0, 0.1) is 5.92 Å². The maximum atomic E-state index is 12.6. The summed E-state index contributed by atoms with van der Waals surface area (Å²) in [5.41, 5.74) is 0.841. The van der Waals surface area contributed by atoms with Gasteiger partial charge in [0.05, 0.1) is 0 Å². The first kappa shape index (κ1) is 16.1. The molecule has 8 nitrogen and oxygen atoms in total. The number of nitrogens with zero attached hydrogens (tertiary/aromatic N) is 5. The van der Waals surface area contributed by atoms with Crippen LogP contribution in [0.1, 0.15) is 13.8 Å². The Morgan fingerprint density at radius 3 is 2.79 bits per heavy atom. The van der Waals surface area contributed by atoms with E-state index in [9.17, 15) is 9.59 Å². The van der Waals surface area contributed by atoms with Crippen LogP contribution < -0.4 is 5.32 Å². The fraction of sp³-hybridized carbons (Fsp3) is 0.438. The van der Waals surface area contributed by atoms with Crippen LogP contribution in [-0.4, -0.2) is 56.1 Å². The minimum absolute atomic E-state index is 0.0314. The molecule has 1 aliphatic heterocycles. The van der Waals surface area contributed by atoms with Gasteiger partial charge in [-0.05, 0) is 11.1 Å². The fourth-order valence-corrected chi connectivity index (χ4v) is 2.85. The third-order valence-corrected chi connectivity index (χ3v) is 3.97. The molecule has 0 saturated carbocycles. The molecule has 0 bridgehead atoms. The second-order valence-corrected chi connectivity index (χ2v) is 6.08. The minimum atomic E-state index is -0.455. The Morgan fingerprint density at radius 2 is 2.08 bits per heavy atom. The Labute approximate surface area is 139 Å². The predicted molar refractivity (Wildman–Crippen MR) is 86.6 cm³/mol. The molecule has 0 aliphatic carbocycles. The number of piperazine rings is 1. The SMILES string of the molecule is CC(C)C1C(=O)NCCN1C(=O)Cn1nnc(-c2ccccc2)n1. The number of carbonyl (C=O) groups excluding carboxylic acids is 2. The van der Waals surface area contributed by atoms with Gasteiger partial charge >= 0.3 is 0 Å². The van der Waals surface area contributed by atoms with Gasteiger partial charge in [-0.1, -0.05) is 44.2 Å². The number of amides is 2. The molecule has 8 heteroatoms. The van der Waals surface area contributed by atoms with Crippen molar-refractivity contribution < 1.29 is 9.59 Å². The molecule has 2 amide bonds. The fourth-order valence-electron chi connectivity index (χ4n) is 2.85. The monoisotopic (exact) mass is 328 g/mol. The number of carbonyl (C=O) groups is 2. The van der Waals surface area contributed by atoms with E-state index < -0.39 is 6.04 Å². The van der Waals surface area contributed by atoms with Crippen LogP contribution in [-0.2, 0) is 16.1 Å². The van der Waals surface area contributed by atoms with Gasteiger partial charge in [0.15, 0.2) is 0 Å². The van der Waals surface area contributed by atoms with Crippen LogP contribution in [0.25, 0.3) is 11.4 Å². The standard InChI is InChI=1S/C16H20N6O2/c1-11(2)14-16(24)17-8-9-21(14)13(23)10-22-19-15(18-20-22)12-6-4-3-5-7-12/h3-7,11,14H,8-10H2,1-2H3,(H,17,24). The van der Waals surface area contributed by atoms with E-state index in [0.717, 1.165) is 5.56 Å². The Kier molecular flexibility index (Phi) is 4.54. The van der Waals surface area contributed by atoms with Gasteiger partial charge in [-0.3, -0.25) is 9.59 Å². The topological polar surface area (TPSA) is 93.0 Å². The van der Waals surface area contributed by atoms with E-state index in [1.54, 1.807) is 4.90 Å². The first-order chi connectivity index (χ1) is 11.6. The van der Waals surface area contributed by atoms with Gasteiger partial charge in [-0.15, -0.1) is 10.2 Å². The van der Waals surface area contributed by atoms with Crippen LogP contribution in [0.5, 0.6) is 0 Å². The third kappa shape index (κ3) is 3.27. The average molecular weight is 328 g/mol. The first-order valence-electron chi connectivity index (χ1n) is 7.96. The molecule has 1 fully saturated rings. The Balaban J connectivity index is 1.73. The molecule has 1 unspecified atom stereocenters. The molecule has 126 valence electrons. The minimum Gasteiger partial charge on any atom is -0.353 e. The van der Waals surface area contributed by atoms with Crippen molar-refractivity contribution in [1.29, 1.82) is 0 Å². The summed E-state index contributed by atoms with van der Waals surface area (Å²) >= 11 is 0. The van der Waals surface area contributed by atoms with Crippen LogP contribution in [0.2, 0.25) is 0 Å². The molecule has 2 heterocycles. The number of tetrazole rings is 1. The summed E-state index contributed by atoms with van der Waals surface area (Å²) in [6.45, 7) is 4.78. The van der Waals surface area contributed by atoms with Gasteiger partial charge < -0.3 is 10.2 Å². The molecule has 1 aliphatic rings. The molecule has 0 spiro atoms. The molecule has 1 aromatic carbocycles. The van der Waals surface area contributed by atoms with Gasteiger partial charge in [0.2, 0.25) is 17.6 Å². The molecule has 1 saturated heterocycles. The van der Waals surface area contributed by atoms with Gasteiger partial charge in [0.25, 0.3) is 0 Å². The number of nitrogens with one attached hydrogen (secondary N) is 1. The van der Waals surface area contributed by atoms with Crippen molar-refractivity contribution >= 4 is 11.8 Å². The lowest BCUT2D eigenvalue weighted by Gasteiger charge is -2.37. The number of hydrogen-bond acceptors (Lipinski definition) is 5. The summed E-state index contributed by atoms with van der Waals surface area (Å²) < 4.78 is 0. The maximum Gasteiger partial charge on any atom is 0.247 e. The molecule has 2 aromatic rings. The molecule has 1 N–H and O–H groups in total. The zero-order valence-corrected chi connectivity index (χ0v) is 13.7. The lowest BCUT2D eigenvalue weighted by molar-refractivity contribution is -0.145. The second kappa shape index (κ2) is 6.77. The van der Waals surface area contributed by atoms with Gasteiger partial charge in [0, 0.05) is 18.7 Å². The lowest BCUT2D eigenvalue weighted by Crippen LogP contribution is -2.59. The van der Waals surface area contributed by atoms with Crippen molar-refractivity contribution in [2.24, 2.45) is 5.92 Å². The number of rotatable bonds is 4. The van der Waals surface area contributed by atoms with E-state index in [0.29, 0.717) is 18.9 Å². The number of benzene rings is 1. The van der Waals surface area contributed by atoms with Crippen molar-refractivity contribution in [2.75, 3.05) is 13.1 Å². The van der Waals surface area contributed by atoms with Crippen LogP contribution in [0.4, 0.5) is 0 Å². The maximum absolute atomic E-state index is 12.6. The van der Waals surface area contributed by atoms with E-state index in [4.69, 9.17) is 0 Å². The van der Waals surface area contributed by atoms with Crippen LogP contribution in [0.3, 0.4) is 0 Å². The number of hydrogen-bond donors (Lipinski definition) is 1. The van der Waals surface area contributed by atoms with E-state index in [1.165, 1.54) is 4.80 Å². The molecule has 1 atom stereocenters. The normalized spacial score (nSPS) is 17.9. The molecular formula is C16H20N6O2. The highest BCUT2D eigenvalue weighted by molar-refractivity contribution is 5.88. The van der Waals surface area contributed by atoms with E-state index >= 15 is 0 Å². The molecule has 1 aromatic heterocycles. The van der Waals surface area contributed by atoms with Crippen molar-refractivity contribution in [1.82, 2.24) is 30.4 Å². The molecular weight excluding hydrogens is 308 g/mol. The summed E-state index contributed by atoms with van der Waals surface area (Å²) in [7, 11) is 0. The van der Waals surface area contributed by atoms with Crippen molar-refractivity contribution in [3.05, 3.63) is 30.3 Å². The van der Waals surface area contributed by atoms with Crippen molar-refractivity contribution in [3.63, 3.8) is 0 Å². The van der Waals surface area contributed by atoms with Crippen LogP contribution >= 0.6 is 0 Å². The van der Waals surface area contributed by atoms with Crippen molar-refractivity contribution in [2.45, 2.75) is 26.4 Å².